The normalized spacial score (nSPS) is 13.9. The van der Waals surface area contributed by atoms with Crippen LogP contribution < -0.4 is 4.74 Å². The van der Waals surface area contributed by atoms with E-state index in [1.807, 2.05) is 18.2 Å². The fraction of sp³-hybridized carbons (Fsp3) is 0.294. The van der Waals surface area contributed by atoms with Crippen molar-refractivity contribution in [3.8, 4) is 5.75 Å². The van der Waals surface area contributed by atoms with Crippen molar-refractivity contribution in [3.63, 3.8) is 0 Å². The van der Waals surface area contributed by atoms with Gasteiger partial charge in [0, 0.05) is 15.6 Å². The zero-order chi connectivity index (χ0) is 13.9. The molecule has 0 amide bonds. The average Bonchev–Trinajstić information content (AvgIpc) is 2.46. The Bertz CT molecular complexity index is 622. The first kappa shape index (κ1) is 13.8. The van der Waals surface area contributed by atoms with E-state index in [2.05, 4.69) is 12.1 Å². The zero-order valence-corrected chi connectivity index (χ0v) is 12.7. The molecule has 2 aromatic rings. The Kier molecular flexibility index (Phi) is 4.18. The summed E-state index contributed by atoms with van der Waals surface area (Å²) in [5, 5.41) is 1.29. The molecule has 1 nitrogen and oxygen atoms in total. The van der Waals surface area contributed by atoms with Gasteiger partial charge in [-0.15, -0.1) is 0 Å². The van der Waals surface area contributed by atoms with Gasteiger partial charge in [0.05, 0.1) is 0 Å². The molecule has 2 aromatic carbocycles. The number of aryl methyl sites for hydroxylation is 2. The minimum absolute atomic E-state index is 0.467. The second-order valence-corrected chi connectivity index (χ2v) is 6.01. The quantitative estimate of drug-likeness (QED) is 0.732. The molecule has 0 aromatic heterocycles. The van der Waals surface area contributed by atoms with Crippen molar-refractivity contribution in [3.05, 3.63) is 63.1 Å². The van der Waals surface area contributed by atoms with Crippen molar-refractivity contribution < 1.29 is 4.74 Å². The summed E-state index contributed by atoms with van der Waals surface area (Å²) >= 11 is 12.0. The molecule has 0 heterocycles. The number of halogens is 2. The standard InChI is InChI=1S/C17H16Cl2O/c18-15-7-5-14(17(19)10-15)11-20-16-8-6-12-3-1-2-4-13(12)9-16/h5-10H,1-4,11H2. The topological polar surface area (TPSA) is 9.23 Å². The molecule has 0 fully saturated rings. The maximum absolute atomic E-state index is 6.15. The summed E-state index contributed by atoms with van der Waals surface area (Å²) < 4.78 is 5.85. The third-order valence-corrected chi connectivity index (χ3v) is 4.32. The highest BCUT2D eigenvalue weighted by Crippen LogP contribution is 2.27. The average molecular weight is 307 g/mol. The fourth-order valence-electron chi connectivity index (χ4n) is 2.60. The van der Waals surface area contributed by atoms with Crippen LogP contribution in [-0.2, 0) is 19.4 Å². The molecule has 0 aliphatic heterocycles. The van der Waals surface area contributed by atoms with Crippen molar-refractivity contribution in [2.24, 2.45) is 0 Å². The van der Waals surface area contributed by atoms with Crippen molar-refractivity contribution >= 4 is 23.2 Å². The number of rotatable bonds is 3. The molecule has 0 unspecified atom stereocenters. The molecular formula is C17H16Cl2O. The highest BCUT2D eigenvalue weighted by Gasteiger charge is 2.10. The molecule has 0 radical (unpaired) electrons. The SMILES string of the molecule is Clc1ccc(COc2ccc3c(c2)CCCC3)c(Cl)c1. The van der Waals surface area contributed by atoms with E-state index in [1.54, 1.807) is 6.07 Å². The summed E-state index contributed by atoms with van der Waals surface area (Å²) in [6.45, 7) is 0.467. The Morgan fingerprint density at radius 1 is 0.900 bits per heavy atom. The molecule has 0 saturated carbocycles. The Morgan fingerprint density at radius 3 is 2.50 bits per heavy atom. The van der Waals surface area contributed by atoms with E-state index in [9.17, 15) is 0 Å². The smallest absolute Gasteiger partial charge is 0.120 e. The van der Waals surface area contributed by atoms with Crippen LogP contribution in [0.3, 0.4) is 0 Å². The second kappa shape index (κ2) is 6.07. The molecule has 1 aliphatic rings. The first-order chi connectivity index (χ1) is 9.72. The van der Waals surface area contributed by atoms with Crippen LogP contribution in [-0.4, -0.2) is 0 Å². The summed E-state index contributed by atoms with van der Waals surface area (Å²) in [5.74, 6) is 0.914. The van der Waals surface area contributed by atoms with Gasteiger partial charge in [-0.3, -0.25) is 0 Å². The molecule has 104 valence electrons. The lowest BCUT2D eigenvalue weighted by Crippen LogP contribution is -2.03. The lowest BCUT2D eigenvalue weighted by molar-refractivity contribution is 0.305. The summed E-state index contributed by atoms with van der Waals surface area (Å²) in [5.41, 5.74) is 3.85. The van der Waals surface area contributed by atoms with Gasteiger partial charge in [0.15, 0.2) is 0 Å². The summed E-state index contributed by atoms with van der Waals surface area (Å²) in [7, 11) is 0. The third-order valence-electron chi connectivity index (χ3n) is 3.73. The number of hydrogen-bond acceptors (Lipinski definition) is 1. The largest absolute Gasteiger partial charge is 0.489 e. The molecule has 3 heteroatoms. The Labute approximate surface area is 129 Å². The zero-order valence-electron chi connectivity index (χ0n) is 11.2. The Hall–Kier alpha value is -1.18. The van der Waals surface area contributed by atoms with E-state index < -0.39 is 0 Å². The highest BCUT2D eigenvalue weighted by atomic mass is 35.5. The van der Waals surface area contributed by atoms with Gasteiger partial charge in [0.2, 0.25) is 0 Å². The number of ether oxygens (including phenoxy) is 1. The maximum Gasteiger partial charge on any atom is 0.120 e. The van der Waals surface area contributed by atoms with E-state index in [0.717, 1.165) is 17.7 Å². The molecule has 0 spiro atoms. The van der Waals surface area contributed by atoms with Crippen LogP contribution in [0.5, 0.6) is 5.75 Å². The third kappa shape index (κ3) is 3.11. The summed E-state index contributed by atoms with van der Waals surface area (Å²) in [4.78, 5) is 0. The lowest BCUT2D eigenvalue weighted by Gasteiger charge is -2.17. The molecule has 20 heavy (non-hydrogen) atoms. The Morgan fingerprint density at radius 2 is 1.70 bits per heavy atom. The van der Waals surface area contributed by atoms with Crippen molar-refractivity contribution in [1.29, 1.82) is 0 Å². The van der Waals surface area contributed by atoms with Gasteiger partial charge in [-0.05, 0) is 61.1 Å². The van der Waals surface area contributed by atoms with Crippen LogP contribution in [0.25, 0.3) is 0 Å². The minimum atomic E-state index is 0.467. The van der Waals surface area contributed by atoms with Gasteiger partial charge in [-0.2, -0.15) is 0 Å². The van der Waals surface area contributed by atoms with Crippen LogP contribution >= 0.6 is 23.2 Å². The van der Waals surface area contributed by atoms with Gasteiger partial charge in [-0.1, -0.05) is 35.3 Å². The second-order valence-electron chi connectivity index (χ2n) is 5.16. The highest BCUT2D eigenvalue weighted by molar-refractivity contribution is 6.35. The van der Waals surface area contributed by atoms with Gasteiger partial charge in [-0.25, -0.2) is 0 Å². The van der Waals surface area contributed by atoms with E-state index in [-0.39, 0.29) is 0 Å². The van der Waals surface area contributed by atoms with Crippen LogP contribution in [0.1, 0.15) is 29.5 Å². The van der Waals surface area contributed by atoms with Gasteiger partial charge >= 0.3 is 0 Å². The molecular weight excluding hydrogens is 291 g/mol. The minimum Gasteiger partial charge on any atom is -0.489 e. The van der Waals surface area contributed by atoms with Crippen molar-refractivity contribution in [2.45, 2.75) is 32.3 Å². The summed E-state index contributed by atoms with van der Waals surface area (Å²) in [6, 6.07) is 11.9. The monoisotopic (exact) mass is 306 g/mol. The van der Waals surface area contributed by atoms with Crippen LogP contribution in [0.4, 0.5) is 0 Å². The van der Waals surface area contributed by atoms with Crippen LogP contribution in [0, 0.1) is 0 Å². The van der Waals surface area contributed by atoms with Gasteiger partial charge < -0.3 is 4.74 Å². The first-order valence-electron chi connectivity index (χ1n) is 6.91. The van der Waals surface area contributed by atoms with Gasteiger partial charge in [0.25, 0.3) is 0 Å². The van der Waals surface area contributed by atoms with E-state index >= 15 is 0 Å². The number of fused-ring (bicyclic) bond motifs is 1. The number of benzene rings is 2. The molecule has 1 aliphatic carbocycles. The predicted octanol–water partition coefficient (Wildman–Crippen LogP) is 5.45. The number of hydrogen-bond donors (Lipinski definition) is 0. The fourth-order valence-corrected chi connectivity index (χ4v) is 3.06. The molecule has 0 saturated heterocycles. The summed E-state index contributed by atoms with van der Waals surface area (Å²) in [6.07, 6.45) is 4.93. The van der Waals surface area contributed by atoms with E-state index in [0.29, 0.717) is 16.7 Å². The predicted molar refractivity (Wildman–Crippen MR) is 83.9 cm³/mol. The van der Waals surface area contributed by atoms with Crippen molar-refractivity contribution in [2.75, 3.05) is 0 Å². The lowest BCUT2D eigenvalue weighted by atomic mass is 9.92. The molecule has 0 atom stereocenters. The molecule has 3 rings (SSSR count). The van der Waals surface area contributed by atoms with Crippen LogP contribution in [0.2, 0.25) is 10.0 Å². The Balaban J connectivity index is 1.72. The molecule has 0 N–H and O–H groups in total. The maximum atomic E-state index is 6.15. The first-order valence-corrected chi connectivity index (χ1v) is 7.66. The van der Waals surface area contributed by atoms with Crippen molar-refractivity contribution in [1.82, 2.24) is 0 Å². The van der Waals surface area contributed by atoms with E-state index in [1.165, 1.54) is 30.4 Å². The van der Waals surface area contributed by atoms with Crippen LogP contribution in [0.15, 0.2) is 36.4 Å². The molecule has 0 bridgehead atoms. The van der Waals surface area contributed by atoms with E-state index in [4.69, 9.17) is 27.9 Å². The van der Waals surface area contributed by atoms with Gasteiger partial charge in [0.1, 0.15) is 12.4 Å².